The Hall–Kier alpha value is -1.87. The second-order valence-electron chi connectivity index (χ2n) is 4.41. The zero-order valence-electron chi connectivity index (χ0n) is 11.0. The number of rotatable bonds is 3. The van der Waals surface area contributed by atoms with Crippen molar-refractivity contribution in [3.63, 3.8) is 0 Å². The van der Waals surface area contributed by atoms with Crippen molar-refractivity contribution in [3.05, 3.63) is 52.2 Å². The molecule has 0 saturated carbocycles. The fraction of sp³-hybridized carbons (Fsp3) is 0.200. The van der Waals surface area contributed by atoms with Crippen LogP contribution in [0.25, 0.3) is 0 Å². The van der Waals surface area contributed by atoms with Gasteiger partial charge in [-0.2, -0.15) is 0 Å². The Balaban J connectivity index is 2.31. The van der Waals surface area contributed by atoms with E-state index in [9.17, 15) is 4.79 Å². The minimum absolute atomic E-state index is 0.0179. The molecular formula is C15H14ClNO2. The molecular weight excluding hydrogens is 262 g/mol. The first kappa shape index (κ1) is 13.6. The molecule has 0 aliphatic heterocycles. The van der Waals surface area contributed by atoms with Crippen molar-refractivity contribution in [3.8, 4) is 11.6 Å². The van der Waals surface area contributed by atoms with Gasteiger partial charge >= 0.3 is 0 Å². The molecule has 1 aromatic carbocycles. The van der Waals surface area contributed by atoms with Gasteiger partial charge < -0.3 is 4.74 Å². The largest absolute Gasteiger partial charge is 0.439 e. The number of hydrogen-bond donors (Lipinski definition) is 0. The van der Waals surface area contributed by atoms with Gasteiger partial charge in [0, 0.05) is 22.8 Å². The molecule has 0 N–H and O–H groups in total. The molecule has 0 aliphatic rings. The van der Waals surface area contributed by atoms with Gasteiger partial charge in [0.2, 0.25) is 5.88 Å². The zero-order valence-corrected chi connectivity index (χ0v) is 11.8. The van der Waals surface area contributed by atoms with Crippen LogP contribution in [0.15, 0.2) is 30.5 Å². The molecule has 2 aromatic rings. The van der Waals surface area contributed by atoms with Crippen LogP contribution >= 0.6 is 11.6 Å². The molecule has 0 atom stereocenters. The monoisotopic (exact) mass is 275 g/mol. The summed E-state index contributed by atoms with van der Waals surface area (Å²) < 4.78 is 5.66. The van der Waals surface area contributed by atoms with Gasteiger partial charge in [-0.3, -0.25) is 4.79 Å². The van der Waals surface area contributed by atoms with Gasteiger partial charge in [-0.25, -0.2) is 4.98 Å². The van der Waals surface area contributed by atoms with Crippen molar-refractivity contribution in [2.24, 2.45) is 0 Å². The molecule has 0 unspecified atom stereocenters. The van der Waals surface area contributed by atoms with Crippen LogP contribution < -0.4 is 4.74 Å². The summed E-state index contributed by atoms with van der Waals surface area (Å²) in [4.78, 5) is 15.4. The lowest BCUT2D eigenvalue weighted by Gasteiger charge is -2.09. The maximum absolute atomic E-state index is 11.3. The van der Waals surface area contributed by atoms with Crippen LogP contribution in [0.1, 0.15) is 28.4 Å². The molecule has 0 bridgehead atoms. The number of nitrogens with zero attached hydrogens (tertiary/aromatic N) is 1. The Bertz CT molecular complexity index is 615. The predicted molar refractivity (Wildman–Crippen MR) is 75.2 cm³/mol. The van der Waals surface area contributed by atoms with E-state index in [1.54, 1.807) is 18.3 Å². The van der Waals surface area contributed by atoms with E-state index < -0.39 is 0 Å². The van der Waals surface area contributed by atoms with Crippen LogP contribution in [-0.4, -0.2) is 10.8 Å². The van der Waals surface area contributed by atoms with Crippen molar-refractivity contribution < 1.29 is 9.53 Å². The topological polar surface area (TPSA) is 39.2 Å². The summed E-state index contributed by atoms with van der Waals surface area (Å²) in [6, 6.07) is 6.98. The lowest BCUT2D eigenvalue weighted by atomic mass is 10.1. The van der Waals surface area contributed by atoms with Crippen molar-refractivity contribution in [1.82, 2.24) is 4.98 Å². The SMILES string of the molecule is CC(=O)c1ccnc(Oc2cc(C)c(Cl)c(C)c2)c1. The highest BCUT2D eigenvalue weighted by Crippen LogP contribution is 2.28. The smallest absolute Gasteiger partial charge is 0.219 e. The van der Waals surface area contributed by atoms with E-state index in [-0.39, 0.29) is 5.78 Å². The summed E-state index contributed by atoms with van der Waals surface area (Å²) in [5.74, 6) is 1.04. The molecule has 0 radical (unpaired) electrons. The number of Topliss-reactive ketones (excluding diaryl/α,β-unsaturated/α-hetero) is 1. The molecule has 0 saturated heterocycles. The summed E-state index contributed by atoms with van der Waals surface area (Å²) in [6.45, 7) is 5.35. The van der Waals surface area contributed by atoms with Gasteiger partial charge in [-0.1, -0.05) is 11.6 Å². The van der Waals surface area contributed by atoms with Crippen molar-refractivity contribution in [2.45, 2.75) is 20.8 Å². The molecule has 0 aliphatic carbocycles. The maximum atomic E-state index is 11.3. The van der Waals surface area contributed by atoms with E-state index in [0.29, 0.717) is 17.2 Å². The molecule has 0 spiro atoms. The fourth-order valence-electron chi connectivity index (χ4n) is 1.77. The van der Waals surface area contributed by atoms with E-state index in [2.05, 4.69) is 4.98 Å². The number of carbonyl (C=O) groups excluding carboxylic acids is 1. The van der Waals surface area contributed by atoms with Crippen LogP contribution in [0.2, 0.25) is 5.02 Å². The number of hydrogen-bond acceptors (Lipinski definition) is 3. The molecule has 19 heavy (non-hydrogen) atoms. The van der Waals surface area contributed by atoms with Gasteiger partial charge in [0.15, 0.2) is 5.78 Å². The summed E-state index contributed by atoms with van der Waals surface area (Å²) in [5.41, 5.74) is 2.46. The molecule has 2 rings (SSSR count). The average molecular weight is 276 g/mol. The summed E-state index contributed by atoms with van der Waals surface area (Å²) in [6.07, 6.45) is 1.56. The Morgan fingerprint density at radius 3 is 2.42 bits per heavy atom. The van der Waals surface area contributed by atoms with Crippen molar-refractivity contribution in [1.29, 1.82) is 0 Å². The van der Waals surface area contributed by atoms with E-state index >= 15 is 0 Å². The predicted octanol–water partition coefficient (Wildman–Crippen LogP) is 4.35. The number of benzene rings is 1. The zero-order chi connectivity index (χ0) is 14.0. The highest BCUT2D eigenvalue weighted by molar-refractivity contribution is 6.32. The van der Waals surface area contributed by atoms with Crippen LogP contribution in [0.5, 0.6) is 11.6 Å². The first-order valence-corrected chi connectivity index (χ1v) is 6.27. The minimum Gasteiger partial charge on any atom is -0.439 e. The summed E-state index contributed by atoms with van der Waals surface area (Å²) in [5, 5.41) is 0.734. The van der Waals surface area contributed by atoms with Gasteiger partial charge in [0.1, 0.15) is 5.75 Å². The number of pyridine rings is 1. The highest BCUT2D eigenvalue weighted by atomic mass is 35.5. The van der Waals surface area contributed by atoms with Crippen LogP contribution in [-0.2, 0) is 0 Å². The van der Waals surface area contributed by atoms with Gasteiger partial charge in [-0.05, 0) is 50.1 Å². The second kappa shape index (κ2) is 5.41. The third-order valence-corrected chi connectivity index (χ3v) is 3.37. The first-order chi connectivity index (χ1) is 8.97. The number of aromatic nitrogens is 1. The molecule has 1 heterocycles. The molecule has 4 heteroatoms. The van der Waals surface area contributed by atoms with Crippen LogP contribution in [0, 0.1) is 13.8 Å². The Kier molecular flexibility index (Phi) is 3.86. The molecule has 0 amide bonds. The van der Waals surface area contributed by atoms with Crippen LogP contribution in [0.3, 0.4) is 0 Å². The van der Waals surface area contributed by atoms with Crippen molar-refractivity contribution in [2.75, 3.05) is 0 Å². The molecule has 98 valence electrons. The quantitative estimate of drug-likeness (QED) is 0.782. The van der Waals surface area contributed by atoms with E-state index in [4.69, 9.17) is 16.3 Å². The fourth-order valence-corrected chi connectivity index (χ4v) is 1.88. The maximum Gasteiger partial charge on any atom is 0.219 e. The van der Waals surface area contributed by atoms with Gasteiger partial charge in [0.05, 0.1) is 0 Å². The average Bonchev–Trinajstić information content (AvgIpc) is 2.36. The minimum atomic E-state index is -0.0179. The Labute approximate surface area is 117 Å². The number of aryl methyl sites for hydroxylation is 2. The van der Waals surface area contributed by atoms with Gasteiger partial charge in [0.25, 0.3) is 0 Å². The number of ether oxygens (including phenoxy) is 1. The lowest BCUT2D eigenvalue weighted by Crippen LogP contribution is -1.95. The van der Waals surface area contributed by atoms with E-state index in [0.717, 1.165) is 16.1 Å². The van der Waals surface area contributed by atoms with E-state index in [1.807, 2.05) is 26.0 Å². The normalized spacial score (nSPS) is 10.3. The Morgan fingerprint density at radius 1 is 1.21 bits per heavy atom. The lowest BCUT2D eigenvalue weighted by molar-refractivity contribution is 0.101. The number of carbonyl (C=O) groups is 1. The second-order valence-corrected chi connectivity index (χ2v) is 4.79. The summed E-state index contributed by atoms with van der Waals surface area (Å²) in [7, 11) is 0. The Morgan fingerprint density at radius 2 is 1.84 bits per heavy atom. The molecule has 1 aromatic heterocycles. The highest BCUT2D eigenvalue weighted by Gasteiger charge is 2.07. The van der Waals surface area contributed by atoms with E-state index in [1.165, 1.54) is 6.92 Å². The van der Waals surface area contributed by atoms with Gasteiger partial charge in [-0.15, -0.1) is 0 Å². The van der Waals surface area contributed by atoms with Crippen LogP contribution in [0.4, 0.5) is 0 Å². The van der Waals surface area contributed by atoms with Crippen molar-refractivity contribution >= 4 is 17.4 Å². The number of ketones is 1. The molecule has 0 fully saturated rings. The first-order valence-electron chi connectivity index (χ1n) is 5.89. The number of halogens is 1. The third kappa shape index (κ3) is 3.12. The standard InChI is InChI=1S/C15H14ClNO2/c1-9-6-13(7-10(2)15(9)16)19-14-8-12(11(3)18)4-5-17-14/h4-8H,1-3H3. The summed E-state index contributed by atoms with van der Waals surface area (Å²) >= 11 is 6.10. The molecule has 3 nitrogen and oxygen atoms in total. The third-order valence-electron chi connectivity index (χ3n) is 2.77.